The molecule has 1 aromatic heterocycles. The van der Waals surface area contributed by atoms with E-state index in [2.05, 4.69) is 27.5 Å². The highest BCUT2D eigenvalue weighted by atomic mass is 32.1. The predicted octanol–water partition coefficient (Wildman–Crippen LogP) is 0.456. The highest BCUT2D eigenvalue weighted by molar-refractivity contribution is 7.80. The van der Waals surface area contributed by atoms with Crippen molar-refractivity contribution >= 4 is 23.1 Å². The van der Waals surface area contributed by atoms with Gasteiger partial charge in [-0.15, -0.1) is 0 Å². The quantitative estimate of drug-likeness (QED) is 0.595. The third kappa shape index (κ3) is 1.94. The van der Waals surface area contributed by atoms with Gasteiger partial charge in [0.15, 0.2) is 5.11 Å². The average molecular weight is 153 g/mol. The number of rotatable bonds is 1. The van der Waals surface area contributed by atoms with Crippen LogP contribution in [0.2, 0.25) is 0 Å². The molecule has 4 nitrogen and oxygen atoms in total. The Morgan fingerprint density at radius 1 is 1.70 bits per heavy atom. The molecule has 0 aliphatic rings. The summed E-state index contributed by atoms with van der Waals surface area (Å²) >= 11 is 4.47. The molecule has 0 amide bonds. The van der Waals surface area contributed by atoms with Crippen molar-refractivity contribution in [3.63, 3.8) is 0 Å². The molecule has 0 saturated carbocycles. The number of hydrogen-bond acceptors (Lipinski definition) is 3. The maximum Gasteiger partial charge on any atom is 0.190 e. The first-order chi connectivity index (χ1) is 4.79. The largest absolute Gasteiger partial charge is 0.316 e. The van der Waals surface area contributed by atoms with Crippen molar-refractivity contribution in [3.05, 3.63) is 18.6 Å². The Morgan fingerprint density at radius 2 is 2.50 bits per heavy atom. The lowest BCUT2D eigenvalue weighted by atomic mass is 10.6. The van der Waals surface area contributed by atoms with Gasteiger partial charge in [-0.2, -0.15) is 0 Å². The van der Waals surface area contributed by atoms with Crippen LogP contribution in [-0.4, -0.2) is 15.1 Å². The van der Waals surface area contributed by atoms with Crippen molar-refractivity contribution in [2.24, 2.45) is 0 Å². The Hall–Kier alpha value is -1.23. The van der Waals surface area contributed by atoms with Gasteiger partial charge in [0.25, 0.3) is 0 Å². The Morgan fingerprint density at radius 3 is 3.00 bits per heavy atom. The number of hydrogen-bond donors (Lipinski definition) is 1. The second-order valence-electron chi connectivity index (χ2n) is 1.55. The lowest BCUT2D eigenvalue weighted by molar-refractivity contribution is 1.17. The predicted molar refractivity (Wildman–Crippen MR) is 41.3 cm³/mol. The SMILES string of the molecule is [NH]C(=S)Nc1ccncn1. The molecule has 1 heterocycles. The van der Waals surface area contributed by atoms with Crippen molar-refractivity contribution in [1.82, 2.24) is 15.7 Å². The molecular weight excluding hydrogens is 148 g/mol. The Labute approximate surface area is 63.5 Å². The highest BCUT2D eigenvalue weighted by Crippen LogP contribution is 1.95. The number of anilines is 1. The molecule has 51 valence electrons. The summed E-state index contributed by atoms with van der Waals surface area (Å²) in [5.41, 5.74) is 6.88. The maximum absolute atomic E-state index is 6.88. The van der Waals surface area contributed by atoms with Gasteiger partial charge in [0.05, 0.1) is 0 Å². The molecule has 0 spiro atoms. The van der Waals surface area contributed by atoms with Crippen LogP contribution >= 0.6 is 12.2 Å². The first-order valence-electron chi connectivity index (χ1n) is 2.57. The molecule has 0 aromatic carbocycles. The van der Waals surface area contributed by atoms with Crippen LogP contribution in [0.4, 0.5) is 5.82 Å². The lowest BCUT2D eigenvalue weighted by Gasteiger charge is -1.97. The van der Waals surface area contributed by atoms with E-state index in [-0.39, 0.29) is 5.11 Å². The molecule has 0 bridgehead atoms. The molecule has 0 atom stereocenters. The van der Waals surface area contributed by atoms with Gasteiger partial charge in [0.2, 0.25) is 0 Å². The number of thiocarbonyl (C=S) groups is 1. The van der Waals surface area contributed by atoms with Gasteiger partial charge in [-0.3, -0.25) is 5.73 Å². The lowest BCUT2D eigenvalue weighted by Crippen LogP contribution is -2.09. The van der Waals surface area contributed by atoms with E-state index >= 15 is 0 Å². The van der Waals surface area contributed by atoms with E-state index in [0.29, 0.717) is 5.82 Å². The third-order valence-corrected chi connectivity index (χ3v) is 0.926. The minimum absolute atomic E-state index is 0.0429. The Balaban J connectivity index is 2.67. The van der Waals surface area contributed by atoms with Crippen LogP contribution in [0.5, 0.6) is 0 Å². The number of nitrogens with zero attached hydrogens (tertiary/aromatic N) is 2. The molecule has 5 heteroatoms. The van der Waals surface area contributed by atoms with Crippen LogP contribution in [0.15, 0.2) is 18.6 Å². The molecule has 0 aliphatic heterocycles. The molecule has 1 rings (SSSR count). The van der Waals surface area contributed by atoms with Gasteiger partial charge >= 0.3 is 0 Å². The van der Waals surface area contributed by atoms with Gasteiger partial charge in [0.1, 0.15) is 12.1 Å². The third-order valence-electron chi connectivity index (χ3n) is 0.824. The van der Waals surface area contributed by atoms with E-state index in [1.165, 1.54) is 6.33 Å². The van der Waals surface area contributed by atoms with Gasteiger partial charge in [-0.05, 0) is 18.3 Å². The minimum Gasteiger partial charge on any atom is -0.316 e. The smallest absolute Gasteiger partial charge is 0.190 e. The zero-order valence-corrected chi connectivity index (χ0v) is 5.85. The minimum atomic E-state index is -0.0429. The normalized spacial score (nSPS) is 8.80. The van der Waals surface area contributed by atoms with Gasteiger partial charge in [0, 0.05) is 6.20 Å². The van der Waals surface area contributed by atoms with Crippen molar-refractivity contribution in [2.75, 3.05) is 5.32 Å². The first kappa shape index (κ1) is 6.88. The van der Waals surface area contributed by atoms with Crippen LogP contribution in [0.1, 0.15) is 0 Å². The second-order valence-corrected chi connectivity index (χ2v) is 1.96. The van der Waals surface area contributed by atoms with Crippen molar-refractivity contribution < 1.29 is 0 Å². The van der Waals surface area contributed by atoms with Crippen molar-refractivity contribution in [2.45, 2.75) is 0 Å². The zero-order chi connectivity index (χ0) is 7.40. The van der Waals surface area contributed by atoms with E-state index in [9.17, 15) is 0 Å². The van der Waals surface area contributed by atoms with E-state index in [1.807, 2.05) is 0 Å². The first-order valence-corrected chi connectivity index (χ1v) is 2.98. The Kier molecular flexibility index (Phi) is 2.11. The number of aromatic nitrogens is 2. The summed E-state index contributed by atoms with van der Waals surface area (Å²) in [6, 6.07) is 1.64. The second kappa shape index (κ2) is 3.07. The van der Waals surface area contributed by atoms with Crippen LogP contribution in [-0.2, 0) is 0 Å². The van der Waals surface area contributed by atoms with Gasteiger partial charge < -0.3 is 5.32 Å². The Bertz CT molecular complexity index is 222. The molecule has 2 N–H and O–H groups in total. The zero-order valence-electron chi connectivity index (χ0n) is 5.03. The van der Waals surface area contributed by atoms with Crippen LogP contribution in [0.3, 0.4) is 0 Å². The summed E-state index contributed by atoms with van der Waals surface area (Å²) in [4.78, 5) is 7.49. The average Bonchev–Trinajstić information content (AvgIpc) is 1.88. The highest BCUT2D eigenvalue weighted by Gasteiger charge is 1.90. The summed E-state index contributed by atoms with van der Waals surface area (Å²) in [6.45, 7) is 0. The van der Waals surface area contributed by atoms with E-state index in [1.54, 1.807) is 12.3 Å². The van der Waals surface area contributed by atoms with Crippen LogP contribution < -0.4 is 11.1 Å². The van der Waals surface area contributed by atoms with Crippen LogP contribution in [0.25, 0.3) is 0 Å². The fourth-order valence-electron chi connectivity index (χ4n) is 0.481. The van der Waals surface area contributed by atoms with Gasteiger partial charge in [-0.25, -0.2) is 9.97 Å². The summed E-state index contributed by atoms with van der Waals surface area (Å²) in [5.74, 6) is 0.551. The fourth-order valence-corrected chi connectivity index (χ4v) is 0.586. The summed E-state index contributed by atoms with van der Waals surface area (Å²) in [5, 5.41) is 2.51. The molecular formula is C5H5N4S. The monoisotopic (exact) mass is 153 g/mol. The van der Waals surface area contributed by atoms with Crippen LogP contribution in [0, 0.1) is 0 Å². The molecule has 0 saturated heterocycles. The molecule has 1 aromatic rings. The van der Waals surface area contributed by atoms with E-state index in [0.717, 1.165) is 0 Å². The molecule has 1 radical (unpaired) electrons. The van der Waals surface area contributed by atoms with Crippen molar-refractivity contribution in [1.29, 1.82) is 0 Å². The molecule has 10 heavy (non-hydrogen) atoms. The fraction of sp³-hybridized carbons (Fsp3) is 0. The standard InChI is InChI=1S/C5H5N4S/c6-5(10)9-4-1-2-7-3-8-4/h1-3,6H,(H,7,8,9,10). The topological polar surface area (TPSA) is 61.6 Å². The van der Waals surface area contributed by atoms with E-state index in [4.69, 9.17) is 5.73 Å². The molecule has 0 unspecified atom stereocenters. The van der Waals surface area contributed by atoms with Gasteiger partial charge in [-0.1, -0.05) is 0 Å². The molecule has 0 aliphatic carbocycles. The summed E-state index contributed by atoms with van der Waals surface area (Å²) in [6.07, 6.45) is 2.97. The molecule has 0 fully saturated rings. The number of nitrogens with one attached hydrogen (secondary N) is 2. The summed E-state index contributed by atoms with van der Waals surface area (Å²) < 4.78 is 0. The summed E-state index contributed by atoms with van der Waals surface area (Å²) in [7, 11) is 0. The van der Waals surface area contributed by atoms with Crippen molar-refractivity contribution in [3.8, 4) is 0 Å². The maximum atomic E-state index is 6.88. The van der Waals surface area contributed by atoms with E-state index < -0.39 is 0 Å².